The predicted molar refractivity (Wildman–Crippen MR) is 75.2 cm³/mol. The van der Waals surface area contributed by atoms with Crippen molar-refractivity contribution in [3.8, 4) is 0 Å². The van der Waals surface area contributed by atoms with Gasteiger partial charge in [-0.1, -0.05) is 29.3 Å². The zero-order valence-electron chi connectivity index (χ0n) is 10.2. The third-order valence-corrected chi connectivity index (χ3v) is 4.34. The van der Waals surface area contributed by atoms with Crippen LogP contribution in [0.5, 0.6) is 0 Å². The van der Waals surface area contributed by atoms with Gasteiger partial charge in [-0.05, 0) is 38.9 Å². The third-order valence-electron chi connectivity index (χ3n) is 3.52. The van der Waals surface area contributed by atoms with Crippen molar-refractivity contribution in [2.24, 2.45) is 0 Å². The quantitative estimate of drug-likeness (QED) is 0.879. The second-order valence-corrected chi connectivity index (χ2v) is 5.58. The molecule has 1 aliphatic rings. The average molecular weight is 273 g/mol. The lowest BCUT2D eigenvalue weighted by Crippen LogP contribution is -2.42. The van der Waals surface area contributed by atoms with Crippen LogP contribution >= 0.6 is 23.2 Å². The van der Waals surface area contributed by atoms with Crippen LogP contribution in [0.15, 0.2) is 18.2 Å². The first-order chi connectivity index (χ1) is 8.08. The Morgan fingerprint density at radius 1 is 1.35 bits per heavy atom. The molecule has 2 unspecified atom stereocenters. The summed E-state index contributed by atoms with van der Waals surface area (Å²) >= 11 is 12.2. The summed E-state index contributed by atoms with van der Waals surface area (Å²) in [5.41, 5.74) is 0.945. The number of benzene rings is 1. The molecule has 0 radical (unpaired) electrons. The van der Waals surface area contributed by atoms with Gasteiger partial charge >= 0.3 is 0 Å². The van der Waals surface area contributed by atoms with Gasteiger partial charge in [-0.3, -0.25) is 0 Å². The highest BCUT2D eigenvalue weighted by atomic mass is 35.5. The van der Waals surface area contributed by atoms with E-state index in [1.165, 1.54) is 0 Å². The molecule has 1 aromatic rings. The zero-order chi connectivity index (χ0) is 12.4. The Morgan fingerprint density at radius 3 is 2.82 bits per heavy atom. The third kappa shape index (κ3) is 3.06. The Morgan fingerprint density at radius 2 is 2.12 bits per heavy atom. The van der Waals surface area contributed by atoms with Crippen LogP contribution in [0.25, 0.3) is 0 Å². The summed E-state index contributed by atoms with van der Waals surface area (Å²) in [6, 6.07) is 6.81. The number of nitrogens with zero attached hydrogens (tertiary/aromatic N) is 1. The maximum Gasteiger partial charge on any atom is 0.0823 e. The first-order valence-electron chi connectivity index (χ1n) is 5.98. The normalized spacial score (nSPS) is 25.9. The van der Waals surface area contributed by atoms with Crippen LogP contribution in [0.4, 0.5) is 5.69 Å². The summed E-state index contributed by atoms with van der Waals surface area (Å²) < 4.78 is 0. The van der Waals surface area contributed by atoms with Crippen LogP contribution in [0.2, 0.25) is 10.0 Å². The highest BCUT2D eigenvalue weighted by molar-refractivity contribution is 6.43. The van der Waals surface area contributed by atoms with Crippen LogP contribution < -0.4 is 5.32 Å². The largest absolute Gasteiger partial charge is 0.381 e. The molecule has 0 aliphatic carbocycles. The summed E-state index contributed by atoms with van der Waals surface area (Å²) in [4.78, 5) is 2.39. The SMILES string of the molecule is CC1CC(Nc2cccc(Cl)c2Cl)CCN1C. The topological polar surface area (TPSA) is 15.3 Å². The molecule has 0 aromatic heterocycles. The maximum absolute atomic E-state index is 6.17. The Kier molecular flexibility index (Phi) is 4.18. The fraction of sp³-hybridized carbons (Fsp3) is 0.538. The summed E-state index contributed by atoms with van der Waals surface area (Å²) in [5.74, 6) is 0. The molecule has 1 aromatic carbocycles. The number of anilines is 1. The first kappa shape index (κ1) is 13.0. The second kappa shape index (κ2) is 5.47. The summed E-state index contributed by atoms with van der Waals surface area (Å²) in [5, 5.41) is 4.73. The highest BCUT2D eigenvalue weighted by Gasteiger charge is 2.23. The summed E-state index contributed by atoms with van der Waals surface area (Å²) in [6.45, 7) is 3.38. The van der Waals surface area contributed by atoms with Gasteiger partial charge in [-0.15, -0.1) is 0 Å². The minimum absolute atomic E-state index is 0.483. The maximum atomic E-state index is 6.17. The molecule has 0 amide bonds. The van der Waals surface area contributed by atoms with Crippen LogP contribution in [0.1, 0.15) is 19.8 Å². The lowest BCUT2D eigenvalue weighted by atomic mass is 9.99. The van der Waals surface area contributed by atoms with Gasteiger partial charge in [0.05, 0.1) is 15.7 Å². The number of hydrogen-bond donors (Lipinski definition) is 1. The molecular weight excluding hydrogens is 255 g/mol. The Balaban J connectivity index is 2.04. The Labute approximate surface area is 113 Å². The lowest BCUT2D eigenvalue weighted by Gasteiger charge is -2.36. The van der Waals surface area contributed by atoms with E-state index < -0.39 is 0 Å². The number of piperidine rings is 1. The van der Waals surface area contributed by atoms with Gasteiger partial charge in [-0.25, -0.2) is 0 Å². The first-order valence-corrected chi connectivity index (χ1v) is 6.74. The monoisotopic (exact) mass is 272 g/mol. The fourth-order valence-corrected chi connectivity index (χ4v) is 2.61. The van der Waals surface area contributed by atoms with E-state index >= 15 is 0 Å². The molecule has 1 aliphatic heterocycles. The smallest absolute Gasteiger partial charge is 0.0823 e. The van der Waals surface area contributed by atoms with Gasteiger partial charge in [-0.2, -0.15) is 0 Å². The van der Waals surface area contributed by atoms with E-state index in [-0.39, 0.29) is 0 Å². The van der Waals surface area contributed by atoms with Crippen LogP contribution in [-0.4, -0.2) is 30.6 Å². The Bertz CT molecular complexity index is 395. The predicted octanol–water partition coefficient (Wildman–Crippen LogP) is 3.89. The van der Waals surface area contributed by atoms with Gasteiger partial charge in [0.1, 0.15) is 0 Å². The molecule has 0 spiro atoms. The summed E-state index contributed by atoms with van der Waals surface area (Å²) in [6.07, 6.45) is 2.28. The van der Waals surface area contributed by atoms with Gasteiger partial charge < -0.3 is 10.2 Å². The van der Waals surface area contributed by atoms with Gasteiger partial charge in [0.2, 0.25) is 0 Å². The van der Waals surface area contributed by atoms with Crippen molar-refractivity contribution in [2.75, 3.05) is 18.9 Å². The minimum atomic E-state index is 0.483. The molecule has 4 heteroatoms. The molecule has 2 nitrogen and oxygen atoms in total. The molecule has 1 N–H and O–H groups in total. The molecule has 17 heavy (non-hydrogen) atoms. The number of rotatable bonds is 2. The minimum Gasteiger partial charge on any atom is -0.381 e. The Hall–Kier alpha value is -0.440. The van der Waals surface area contributed by atoms with Crippen molar-refractivity contribution in [3.05, 3.63) is 28.2 Å². The van der Waals surface area contributed by atoms with Crippen LogP contribution in [0, 0.1) is 0 Å². The van der Waals surface area contributed by atoms with Crippen molar-refractivity contribution < 1.29 is 0 Å². The van der Waals surface area contributed by atoms with Gasteiger partial charge in [0.25, 0.3) is 0 Å². The zero-order valence-corrected chi connectivity index (χ0v) is 11.7. The van der Waals surface area contributed by atoms with E-state index in [4.69, 9.17) is 23.2 Å². The molecule has 1 heterocycles. The molecular formula is C13H18Cl2N2. The molecule has 0 saturated carbocycles. The van der Waals surface area contributed by atoms with E-state index in [1.54, 1.807) is 0 Å². The molecule has 2 rings (SSSR count). The van der Waals surface area contributed by atoms with E-state index in [9.17, 15) is 0 Å². The van der Waals surface area contributed by atoms with Crippen molar-refractivity contribution in [2.45, 2.75) is 31.8 Å². The molecule has 94 valence electrons. The molecule has 1 saturated heterocycles. The second-order valence-electron chi connectivity index (χ2n) is 4.80. The van der Waals surface area contributed by atoms with Crippen molar-refractivity contribution in [3.63, 3.8) is 0 Å². The van der Waals surface area contributed by atoms with Crippen LogP contribution in [-0.2, 0) is 0 Å². The van der Waals surface area contributed by atoms with Gasteiger partial charge in [0, 0.05) is 18.6 Å². The molecule has 2 atom stereocenters. The van der Waals surface area contributed by atoms with E-state index in [2.05, 4.69) is 24.2 Å². The van der Waals surface area contributed by atoms with E-state index in [0.29, 0.717) is 22.1 Å². The highest BCUT2D eigenvalue weighted by Crippen LogP contribution is 2.31. The standard InChI is InChI=1S/C13H18Cl2N2/c1-9-8-10(6-7-17(9)2)16-12-5-3-4-11(14)13(12)15/h3-5,9-10,16H,6-8H2,1-2H3. The fourth-order valence-electron chi connectivity index (χ4n) is 2.26. The molecule has 1 fully saturated rings. The molecule has 0 bridgehead atoms. The number of hydrogen-bond acceptors (Lipinski definition) is 2. The van der Waals surface area contributed by atoms with Crippen molar-refractivity contribution in [1.82, 2.24) is 4.90 Å². The van der Waals surface area contributed by atoms with Crippen molar-refractivity contribution in [1.29, 1.82) is 0 Å². The number of halogens is 2. The van der Waals surface area contributed by atoms with Crippen LogP contribution in [0.3, 0.4) is 0 Å². The van der Waals surface area contributed by atoms with Crippen molar-refractivity contribution >= 4 is 28.9 Å². The number of nitrogens with one attached hydrogen (secondary N) is 1. The average Bonchev–Trinajstić information content (AvgIpc) is 2.30. The lowest BCUT2D eigenvalue weighted by molar-refractivity contribution is 0.190. The number of likely N-dealkylation sites (tertiary alicyclic amines) is 1. The van der Waals surface area contributed by atoms with Gasteiger partial charge in [0.15, 0.2) is 0 Å². The summed E-state index contributed by atoms with van der Waals surface area (Å²) in [7, 11) is 2.17. The van der Waals surface area contributed by atoms with E-state index in [1.807, 2.05) is 18.2 Å². The van der Waals surface area contributed by atoms with E-state index in [0.717, 1.165) is 25.1 Å².